The fourth-order valence-corrected chi connectivity index (χ4v) is 5.71. The Morgan fingerprint density at radius 2 is 2.08 bits per heavy atom. The smallest absolute Gasteiger partial charge is 0.127 e. The first-order chi connectivity index (χ1) is 11.6. The van der Waals surface area contributed by atoms with Crippen LogP contribution in [0.4, 0.5) is 0 Å². The lowest BCUT2D eigenvalue weighted by Gasteiger charge is -2.39. The maximum atomic E-state index is 12.6. The van der Waals surface area contributed by atoms with Crippen molar-refractivity contribution in [2.45, 2.75) is 57.9 Å². The largest absolute Gasteiger partial charge is 0.598 e. The van der Waals surface area contributed by atoms with Crippen molar-refractivity contribution in [2.24, 2.45) is 11.3 Å². The van der Waals surface area contributed by atoms with Crippen LogP contribution in [0.2, 0.25) is 0 Å². The van der Waals surface area contributed by atoms with Gasteiger partial charge in [0.05, 0.1) is 6.04 Å². The zero-order valence-electron chi connectivity index (χ0n) is 14.8. The first kappa shape index (κ1) is 16.8. The normalized spacial score (nSPS) is 26.8. The Balaban J connectivity index is 1.62. The van der Waals surface area contributed by atoms with E-state index in [0.29, 0.717) is 17.6 Å². The van der Waals surface area contributed by atoms with Gasteiger partial charge in [0.2, 0.25) is 0 Å². The molecule has 3 aliphatic rings. The second-order valence-corrected chi connectivity index (χ2v) is 9.55. The number of fused-ring (bicyclic) bond motifs is 1. The van der Waals surface area contributed by atoms with Crippen LogP contribution in [0, 0.1) is 11.3 Å². The van der Waals surface area contributed by atoms with Gasteiger partial charge in [-0.05, 0) is 62.7 Å². The summed E-state index contributed by atoms with van der Waals surface area (Å²) in [6, 6.07) is 4.68. The molecule has 1 aromatic rings. The van der Waals surface area contributed by atoms with E-state index in [4.69, 9.17) is 4.98 Å². The Labute approximate surface area is 148 Å². The first-order valence-electron chi connectivity index (χ1n) is 9.42. The number of hydrogen-bond donors (Lipinski definition) is 2. The lowest BCUT2D eigenvalue weighted by atomic mass is 9.74. The lowest BCUT2D eigenvalue weighted by Crippen LogP contribution is -2.46. The van der Waals surface area contributed by atoms with Crippen molar-refractivity contribution in [2.75, 3.05) is 18.8 Å². The van der Waals surface area contributed by atoms with Gasteiger partial charge in [-0.3, -0.25) is 4.98 Å². The van der Waals surface area contributed by atoms with Gasteiger partial charge in [0.15, 0.2) is 0 Å². The molecule has 4 rings (SSSR count). The summed E-state index contributed by atoms with van der Waals surface area (Å²) in [5.41, 5.74) is 4.04. The average molecular weight is 348 g/mol. The van der Waals surface area contributed by atoms with Crippen LogP contribution < -0.4 is 10.0 Å². The van der Waals surface area contributed by atoms with Crippen LogP contribution in [0.15, 0.2) is 12.1 Å². The van der Waals surface area contributed by atoms with Gasteiger partial charge in [-0.2, -0.15) is 0 Å². The van der Waals surface area contributed by atoms with E-state index >= 15 is 0 Å². The number of nitrogens with zero attached hydrogens (tertiary/aromatic N) is 1. The van der Waals surface area contributed by atoms with Crippen LogP contribution in [0.3, 0.4) is 0 Å². The van der Waals surface area contributed by atoms with Crippen molar-refractivity contribution < 1.29 is 4.55 Å². The first-order valence-corrected chi connectivity index (χ1v) is 10.7. The summed E-state index contributed by atoms with van der Waals surface area (Å²) in [6.45, 7) is 6.37. The third-order valence-corrected chi connectivity index (χ3v) is 7.27. The van der Waals surface area contributed by atoms with E-state index in [2.05, 4.69) is 36.0 Å². The minimum absolute atomic E-state index is 0.190. The Kier molecular flexibility index (Phi) is 4.63. The zero-order valence-corrected chi connectivity index (χ0v) is 15.6. The number of hydrogen-bond acceptors (Lipinski definition) is 4. The minimum atomic E-state index is -0.975. The molecule has 2 atom stereocenters. The van der Waals surface area contributed by atoms with Gasteiger partial charge in [-0.25, -0.2) is 0 Å². The zero-order chi connectivity index (χ0) is 16.7. The van der Waals surface area contributed by atoms with Crippen LogP contribution in [-0.4, -0.2) is 28.4 Å². The minimum Gasteiger partial charge on any atom is -0.598 e. The van der Waals surface area contributed by atoms with E-state index in [1.165, 1.54) is 29.8 Å². The number of aromatic nitrogens is 1. The maximum Gasteiger partial charge on any atom is 0.127 e. The Morgan fingerprint density at radius 3 is 2.75 bits per heavy atom. The van der Waals surface area contributed by atoms with Crippen molar-refractivity contribution in [1.29, 1.82) is 0 Å². The van der Waals surface area contributed by atoms with Crippen LogP contribution in [0.5, 0.6) is 0 Å². The van der Waals surface area contributed by atoms with Crippen molar-refractivity contribution in [3.8, 4) is 0 Å². The average Bonchev–Trinajstić information content (AvgIpc) is 3.34. The van der Waals surface area contributed by atoms with E-state index < -0.39 is 11.4 Å². The highest BCUT2D eigenvalue weighted by Gasteiger charge is 2.49. The summed E-state index contributed by atoms with van der Waals surface area (Å²) in [6.07, 6.45) is 5.90. The molecule has 1 aliphatic heterocycles. The molecule has 4 nitrogen and oxygen atoms in total. The van der Waals surface area contributed by atoms with Crippen molar-refractivity contribution >= 4 is 11.4 Å². The van der Waals surface area contributed by atoms with Gasteiger partial charge in [-0.1, -0.05) is 19.9 Å². The van der Waals surface area contributed by atoms with E-state index in [1.54, 1.807) is 0 Å². The summed E-state index contributed by atoms with van der Waals surface area (Å²) in [5, 5.41) is 3.48. The molecule has 1 saturated carbocycles. The third-order valence-electron chi connectivity index (χ3n) is 5.80. The van der Waals surface area contributed by atoms with E-state index in [0.717, 1.165) is 32.4 Å². The summed E-state index contributed by atoms with van der Waals surface area (Å²) >= 11 is -0.975. The van der Waals surface area contributed by atoms with Crippen molar-refractivity contribution in [3.63, 3.8) is 0 Å². The van der Waals surface area contributed by atoms with Gasteiger partial charge >= 0.3 is 0 Å². The molecule has 2 aliphatic carbocycles. The highest BCUT2D eigenvalue weighted by molar-refractivity contribution is 7.89. The van der Waals surface area contributed by atoms with Crippen molar-refractivity contribution in [1.82, 2.24) is 15.0 Å². The van der Waals surface area contributed by atoms with Crippen LogP contribution in [-0.2, 0) is 17.8 Å². The molecule has 1 unspecified atom stereocenters. The monoisotopic (exact) mass is 347 g/mol. The molecule has 0 bridgehead atoms. The fourth-order valence-electron chi connectivity index (χ4n) is 4.37. The molecule has 0 radical (unpaired) electrons. The maximum absolute atomic E-state index is 12.6. The van der Waals surface area contributed by atoms with Gasteiger partial charge in [0.25, 0.3) is 0 Å². The third kappa shape index (κ3) is 3.24. The van der Waals surface area contributed by atoms with Gasteiger partial charge in [-0.15, -0.1) is 4.72 Å². The molecule has 1 spiro atoms. The number of piperidine rings is 1. The molecule has 0 aromatic carbocycles. The summed E-state index contributed by atoms with van der Waals surface area (Å²) in [7, 11) is 0. The summed E-state index contributed by atoms with van der Waals surface area (Å²) in [5.74, 6) is 1.85. The molecule has 5 heteroatoms. The van der Waals surface area contributed by atoms with Crippen LogP contribution >= 0.6 is 0 Å². The predicted octanol–water partition coefficient (Wildman–Crippen LogP) is 2.84. The second kappa shape index (κ2) is 6.60. The Bertz CT molecular complexity index is 596. The molecular weight excluding hydrogens is 318 g/mol. The molecule has 24 heavy (non-hydrogen) atoms. The van der Waals surface area contributed by atoms with Crippen molar-refractivity contribution in [3.05, 3.63) is 29.1 Å². The highest BCUT2D eigenvalue weighted by Crippen LogP contribution is 2.51. The fraction of sp³-hybridized carbons (Fsp3) is 0.737. The van der Waals surface area contributed by atoms with Gasteiger partial charge in [0, 0.05) is 34.1 Å². The second-order valence-electron chi connectivity index (χ2n) is 8.29. The summed E-state index contributed by atoms with van der Waals surface area (Å²) in [4.78, 5) is 5.02. The molecule has 1 aromatic heterocycles. The Hall–Kier alpha value is -0.620. The molecule has 2 fully saturated rings. The number of nitrogens with one attached hydrogen (secondary N) is 2. The van der Waals surface area contributed by atoms with Gasteiger partial charge < -0.3 is 9.87 Å². The number of rotatable bonds is 5. The predicted molar refractivity (Wildman–Crippen MR) is 98.2 cm³/mol. The molecule has 2 N–H and O–H groups in total. The lowest BCUT2D eigenvalue weighted by molar-refractivity contribution is 0.163. The standard InChI is InChI=1S/C19H29N3OS/c1-13(2)12-24(23)22-18-15-5-6-16(14-3-4-14)21-17(15)11-19(18)7-9-20-10-8-19/h5-6,13-14,18,20,22H,3-4,7-12H2,1-2H3/t18-,24?/m1/s1. The molecule has 132 valence electrons. The quantitative estimate of drug-likeness (QED) is 0.804. The Morgan fingerprint density at radius 1 is 1.33 bits per heavy atom. The molecule has 1 saturated heterocycles. The van der Waals surface area contributed by atoms with Gasteiger partial charge in [0.1, 0.15) is 5.75 Å². The molecule has 2 heterocycles. The van der Waals surface area contributed by atoms with Crippen LogP contribution in [0.25, 0.3) is 0 Å². The molecule has 0 amide bonds. The summed E-state index contributed by atoms with van der Waals surface area (Å²) < 4.78 is 16.1. The van der Waals surface area contributed by atoms with E-state index in [9.17, 15) is 4.55 Å². The molecular formula is C19H29N3OS. The number of pyridine rings is 1. The topological polar surface area (TPSA) is 60.0 Å². The SMILES string of the molecule is CC(C)C[S+]([O-])N[C@@H]1c2ccc(C3CC3)nc2CC12CCNCC2. The van der Waals surface area contributed by atoms with Crippen LogP contribution in [0.1, 0.15) is 68.4 Å². The van der Waals surface area contributed by atoms with E-state index in [1.807, 2.05) is 0 Å². The highest BCUT2D eigenvalue weighted by atomic mass is 32.2. The van der Waals surface area contributed by atoms with E-state index in [-0.39, 0.29) is 11.5 Å².